The number of aromatic hydroxyl groups is 1. The fraction of sp³-hybridized carbons (Fsp3) is 0.111. The lowest BCUT2D eigenvalue weighted by Crippen LogP contribution is -1.93. The normalized spacial score (nSPS) is 11.4. The van der Waals surface area contributed by atoms with Gasteiger partial charge in [0, 0.05) is 11.6 Å². The van der Waals surface area contributed by atoms with E-state index in [4.69, 9.17) is 20.9 Å². The maximum atomic E-state index is 11.1. The number of nitro benzene ring substituents is 1. The number of aryl methyl sites for hydroxylation is 1. The number of rotatable bonds is 5. The molecule has 1 aromatic heterocycles. The highest BCUT2D eigenvalue weighted by Crippen LogP contribution is 2.38. The van der Waals surface area contributed by atoms with Gasteiger partial charge < -0.3 is 14.4 Å². The summed E-state index contributed by atoms with van der Waals surface area (Å²) in [6, 6.07) is 10.1. The van der Waals surface area contributed by atoms with Gasteiger partial charge in [-0.25, -0.2) is 0 Å². The van der Waals surface area contributed by atoms with Crippen molar-refractivity contribution in [2.45, 2.75) is 6.92 Å². The highest BCUT2D eigenvalue weighted by molar-refractivity contribution is 6.50. The van der Waals surface area contributed by atoms with Gasteiger partial charge in [-0.05, 0) is 30.2 Å². The Kier molecular flexibility index (Phi) is 5.09. The summed E-state index contributed by atoms with van der Waals surface area (Å²) in [5, 5.41) is 24.9. The minimum absolute atomic E-state index is 0.0500. The number of hydrogen-bond acceptors (Lipinski definition) is 7. The van der Waals surface area contributed by atoms with Crippen LogP contribution in [0.1, 0.15) is 17.0 Å². The molecule has 0 radical (unpaired) electrons. The number of hydrogen-bond donors (Lipinski definition) is 1. The van der Waals surface area contributed by atoms with E-state index in [0.29, 0.717) is 11.4 Å². The van der Waals surface area contributed by atoms with E-state index in [9.17, 15) is 15.2 Å². The van der Waals surface area contributed by atoms with Crippen LogP contribution in [0.15, 0.2) is 40.9 Å². The molecule has 0 amide bonds. The van der Waals surface area contributed by atoms with Crippen molar-refractivity contribution < 1.29 is 19.3 Å². The first-order chi connectivity index (χ1) is 12.9. The van der Waals surface area contributed by atoms with Crippen LogP contribution in [0.3, 0.4) is 0 Å². The first-order valence-corrected chi connectivity index (χ1v) is 8.11. The Bertz CT molecular complexity index is 1050. The number of nitro groups is 1. The molecular weight excluding hydrogens is 374 g/mol. The molecule has 0 saturated carbocycles. The number of phenolic OH excluding ortho intramolecular Hbond substituents is 1. The Labute approximate surface area is 158 Å². The van der Waals surface area contributed by atoms with Gasteiger partial charge in [-0.2, -0.15) is 4.98 Å². The molecule has 9 heteroatoms. The van der Waals surface area contributed by atoms with Crippen LogP contribution >= 0.6 is 11.6 Å². The number of nitrogens with zero attached hydrogens (tertiary/aromatic N) is 3. The van der Waals surface area contributed by atoms with Crippen molar-refractivity contribution in [1.29, 1.82) is 0 Å². The molecule has 27 heavy (non-hydrogen) atoms. The Morgan fingerprint density at radius 3 is 2.78 bits per heavy atom. The average molecular weight is 388 g/mol. The third-order valence-corrected chi connectivity index (χ3v) is 4.07. The van der Waals surface area contributed by atoms with Crippen LogP contribution in [0.5, 0.6) is 11.5 Å². The summed E-state index contributed by atoms with van der Waals surface area (Å²) < 4.78 is 10.2. The van der Waals surface area contributed by atoms with Crippen molar-refractivity contribution in [3.63, 3.8) is 0 Å². The molecule has 138 valence electrons. The van der Waals surface area contributed by atoms with Gasteiger partial charge in [-0.3, -0.25) is 10.1 Å². The zero-order valence-corrected chi connectivity index (χ0v) is 15.1. The van der Waals surface area contributed by atoms with Crippen molar-refractivity contribution >= 4 is 28.4 Å². The quantitative estimate of drug-likeness (QED) is 0.509. The Balaban J connectivity index is 1.98. The van der Waals surface area contributed by atoms with Crippen molar-refractivity contribution in [3.05, 3.63) is 63.5 Å². The minimum atomic E-state index is -0.716. The molecule has 0 atom stereocenters. The maximum absolute atomic E-state index is 11.1. The number of methoxy groups -OCH3 is 1. The molecule has 1 heterocycles. The Morgan fingerprint density at radius 1 is 1.37 bits per heavy atom. The van der Waals surface area contributed by atoms with Gasteiger partial charge in [-0.15, -0.1) is 0 Å². The van der Waals surface area contributed by atoms with Gasteiger partial charge in [0.2, 0.25) is 11.6 Å². The number of ether oxygens (including phenoxy) is 1. The molecule has 8 nitrogen and oxygen atoms in total. The summed E-state index contributed by atoms with van der Waals surface area (Å²) >= 11 is 6.24. The Morgan fingerprint density at radius 2 is 2.11 bits per heavy atom. The molecule has 0 spiro atoms. The van der Waals surface area contributed by atoms with E-state index >= 15 is 0 Å². The second-order valence-electron chi connectivity index (χ2n) is 5.58. The summed E-state index contributed by atoms with van der Waals surface area (Å²) in [5.74, 6) is -0.171. The van der Waals surface area contributed by atoms with E-state index in [1.165, 1.54) is 25.3 Å². The summed E-state index contributed by atoms with van der Waals surface area (Å²) in [5.41, 5.74) is 1.61. The molecule has 0 bridgehead atoms. The van der Waals surface area contributed by atoms with Crippen molar-refractivity contribution in [3.8, 4) is 22.9 Å². The fourth-order valence-electron chi connectivity index (χ4n) is 2.45. The molecule has 3 rings (SSSR count). The van der Waals surface area contributed by atoms with Gasteiger partial charge in [0.15, 0.2) is 5.75 Å². The van der Waals surface area contributed by atoms with Crippen LogP contribution in [0, 0.1) is 17.0 Å². The first-order valence-electron chi connectivity index (χ1n) is 7.73. The Hall–Kier alpha value is -3.39. The van der Waals surface area contributed by atoms with Gasteiger partial charge in [0.1, 0.15) is 5.03 Å². The molecule has 0 fully saturated rings. The van der Waals surface area contributed by atoms with Gasteiger partial charge in [0.05, 0.1) is 12.0 Å². The molecule has 0 aliphatic carbocycles. The van der Waals surface area contributed by atoms with Crippen molar-refractivity contribution in [2.75, 3.05) is 7.11 Å². The third kappa shape index (κ3) is 3.75. The smallest absolute Gasteiger partial charge is 0.315 e. The molecular formula is C18H14ClN3O5. The number of benzene rings is 2. The lowest BCUT2D eigenvalue weighted by Gasteiger charge is -2.05. The number of halogens is 1. The lowest BCUT2D eigenvalue weighted by atomic mass is 10.1. The van der Waals surface area contributed by atoms with E-state index in [1.807, 2.05) is 31.2 Å². The molecule has 2 aromatic carbocycles. The van der Waals surface area contributed by atoms with Gasteiger partial charge in [0.25, 0.3) is 5.89 Å². The standard InChI is InChI=1S/C18H14ClN3O5/c1-10-5-3-4-6-12(10)17-20-18(27-21-17)13(19)7-11-8-14(22(24)25)16(23)15(9-11)26-2/h3-9,23H,1-2H3/b13-7-. The van der Waals surface area contributed by atoms with Crippen LogP contribution in [0.2, 0.25) is 0 Å². The van der Waals surface area contributed by atoms with Gasteiger partial charge >= 0.3 is 5.69 Å². The monoisotopic (exact) mass is 387 g/mol. The van der Waals surface area contributed by atoms with E-state index in [2.05, 4.69) is 10.1 Å². The van der Waals surface area contributed by atoms with E-state index < -0.39 is 16.4 Å². The molecule has 1 N–H and O–H groups in total. The topological polar surface area (TPSA) is 112 Å². The van der Waals surface area contributed by atoms with Crippen molar-refractivity contribution in [1.82, 2.24) is 10.1 Å². The van der Waals surface area contributed by atoms with Crippen LogP contribution < -0.4 is 4.74 Å². The second kappa shape index (κ2) is 7.46. The summed E-state index contributed by atoms with van der Waals surface area (Å²) in [6.45, 7) is 1.92. The lowest BCUT2D eigenvalue weighted by molar-refractivity contribution is -0.386. The van der Waals surface area contributed by atoms with Crippen LogP contribution in [0.25, 0.3) is 22.5 Å². The summed E-state index contributed by atoms with van der Waals surface area (Å²) in [4.78, 5) is 14.6. The van der Waals surface area contributed by atoms with E-state index in [0.717, 1.165) is 11.1 Å². The second-order valence-corrected chi connectivity index (χ2v) is 5.99. The molecule has 0 saturated heterocycles. The largest absolute Gasteiger partial charge is 0.500 e. The zero-order valence-electron chi connectivity index (χ0n) is 14.3. The molecule has 3 aromatic rings. The van der Waals surface area contributed by atoms with Crippen molar-refractivity contribution in [2.24, 2.45) is 0 Å². The molecule has 0 aliphatic heterocycles. The molecule has 0 unspecified atom stereocenters. The predicted octanol–water partition coefficient (Wildman–Crippen LogP) is 4.40. The minimum Gasteiger partial charge on any atom is -0.500 e. The predicted molar refractivity (Wildman–Crippen MR) is 99.5 cm³/mol. The van der Waals surface area contributed by atoms with E-state index in [-0.39, 0.29) is 16.7 Å². The van der Waals surface area contributed by atoms with Crippen LogP contribution in [0.4, 0.5) is 5.69 Å². The first kappa shape index (κ1) is 18.4. The average Bonchev–Trinajstić information content (AvgIpc) is 3.13. The highest BCUT2D eigenvalue weighted by Gasteiger charge is 2.20. The zero-order chi connectivity index (χ0) is 19.6. The van der Waals surface area contributed by atoms with E-state index in [1.54, 1.807) is 0 Å². The number of phenols is 1. The molecule has 0 aliphatic rings. The van der Waals surface area contributed by atoms with Crippen LogP contribution in [-0.2, 0) is 0 Å². The number of aromatic nitrogens is 2. The fourth-order valence-corrected chi connectivity index (χ4v) is 2.66. The summed E-state index contributed by atoms with van der Waals surface area (Å²) in [6.07, 6.45) is 1.41. The summed E-state index contributed by atoms with van der Waals surface area (Å²) in [7, 11) is 1.29. The highest BCUT2D eigenvalue weighted by atomic mass is 35.5. The van der Waals surface area contributed by atoms with Crippen LogP contribution in [-0.4, -0.2) is 27.3 Å². The SMILES string of the molecule is COc1cc(/C=C(\Cl)c2nc(-c3ccccc3C)no2)cc([N+](=O)[O-])c1O. The van der Waals surface area contributed by atoms with Gasteiger partial charge in [-0.1, -0.05) is 41.0 Å². The maximum Gasteiger partial charge on any atom is 0.315 e. The third-order valence-electron chi connectivity index (χ3n) is 3.80.